The fourth-order valence-electron chi connectivity index (χ4n) is 4.90. The summed E-state index contributed by atoms with van der Waals surface area (Å²) < 4.78 is 5.51. The number of nitrogens with one attached hydrogen (secondary N) is 1. The van der Waals surface area contributed by atoms with Crippen LogP contribution < -0.4 is 4.90 Å². The summed E-state index contributed by atoms with van der Waals surface area (Å²) in [5.74, 6) is 1.98. The molecule has 2 aliphatic rings. The van der Waals surface area contributed by atoms with E-state index in [1.807, 2.05) is 6.07 Å². The summed E-state index contributed by atoms with van der Waals surface area (Å²) in [7, 11) is 0. The molecule has 1 aromatic carbocycles. The Morgan fingerprint density at radius 1 is 1.16 bits per heavy atom. The molecule has 1 saturated heterocycles. The molecule has 2 aliphatic heterocycles. The number of fused-ring (bicyclic) bond motifs is 4. The van der Waals surface area contributed by atoms with Crippen LogP contribution >= 0.6 is 22.9 Å². The molecule has 32 heavy (non-hydrogen) atoms. The van der Waals surface area contributed by atoms with Gasteiger partial charge >= 0.3 is 0 Å². The second kappa shape index (κ2) is 7.99. The van der Waals surface area contributed by atoms with Gasteiger partial charge in [0.1, 0.15) is 16.5 Å². The number of rotatable bonds is 3. The van der Waals surface area contributed by atoms with Gasteiger partial charge in [-0.2, -0.15) is 0 Å². The van der Waals surface area contributed by atoms with Crippen molar-refractivity contribution in [1.29, 1.82) is 0 Å². The standard InChI is InChI=1S/C24H26ClN5OS/c1-14-15(2)32-24-22(14)23(27-21(28-24)13-29-7-9-31-10-8-29)30-6-5-20-18(12-30)17-11-16(25)3-4-19(17)26-20/h3-4,11,26H,5-10,12-13H2,1-2H3. The van der Waals surface area contributed by atoms with Gasteiger partial charge in [0.2, 0.25) is 0 Å². The number of ether oxygens (including phenoxy) is 1. The van der Waals surface area contributed by atoms with Crippen molar-refractivity contribution in [1.82, 2.24) is 19.9 Å². The minimum atomic E-state index is 0.768. The van der Waals surface area contributed by atoms with Gasteiger partial charge in [-0.25, -0.2) is 9.97 Å². The van der Waals surface area contributed by atoms with Gasteiger partial charge in [-0.1, -0.05) is 11.6 Å². The summed E-state index contributed by atoms with van der Waals surface area (Å²) in [6.45, 7) is 10.3. The molecule has 8 heteroatoms. The van der Waals surface area contributed by atoms with E-state index in [4.69, 9.17) is 26.3 Å². The predicted octanol–water partition coefficient (Wildman–Crippen LogP) is 4.84. The van der Waals surface area contributed by atoms with E-state index < -0.39 is 0 Å². The lowest BCUT2D eigenvalue weighted by Crippen LogP contribution is -2.36. The van der Waals surface area contributed by atoms with E-state index in [1.165, 1.54) is 32.5 Å². The number of anilines is 1. The largest absolute Gasteiger partial charge is 0.379 e. The van der Waals surface area contributed by atoms with Crippen molar-refractivity contribution in [2.24, 2.45) is 0 Å². The van der Waals surface area contributed by atoms with E-state index in [0.717, 1.165) is 79.4 Å². The molecule has 0 spiro atoms. The van der Waals surface area contributed by atoms with Gasteiger partial charge in [-0.3, -0.25) is 4.90 Å². The van der Waals surface area contributed by atoms with Crippen LogP contribution in [0.15, 0.2) is 18.2 Å². The van der Waals surface area contributed by atoms with Gasteiger partial charge in [0.25, 0.3) is 0 Å². The van der Waals surface area contributed by atoms with Crippen molar-refractivity contribution < 1.29 is 4.74 Å². The number of morpholine rings is 1. The molecule has 0 unspecified atom stereocenters. The molecule has 0 atom stereocenters. The van der Waals surface area contributed by atoms with Crippen LogP contribution in [0.2, 0.25) is 5.02 Å². The zero-order chi connectivity index (χ0) is 21.8. The Hall–Kier alpha value is -2.19. The predicted molar refractivity (Wildman–Crippen MR) is 131 cm³/mol. The fourth-order valence-corrected chi connectivity index (χ4v) is 6.11. The van der Waals surface area contributed by atoms with Crippen molar-refractivity contribution in [3.8, 4) is 0 Å². The zero-order valence-corrected chi connectivity index (χ0v) is 19.9. The third-order valence-corrected chi connectivity index (χ3v) is 8.10. The molecule has 6 nitrogen and oxygen atoms in total. The summed E-state index contributed by atoms with van der Waals surface area (Å²) in [5, 5.41) is 3.20. The van der Waals surface area contributed by atoms with E-state index in [-0.39, 0.29) is 0 Å². The Kier molecular flexibility index (Phi) is 5.10. The Morgan fingerprint density at radius 2 is 2.00 bits per heavy atom. The minimum Gasteiger partial charge on any atom is -0.379 e. The van der Waals surface area contributed by atoms with E-state index >= 15 is 0 Å². The zero-order valence-electron chi connectivity index (χ0n) is 18.4. The lowest BCUT2D eigenvalue weighted by Gasteiger charge is -2.30. The first-order valence-electron chi connectivity index (χ1n) is 11.2. The highest BCUT2D eigenvalue weighted by Crippen LogP contribution is 2.38. The summed E-state index contributed by atoms with van der Waals surface area (Å²) in [6.07, 6.45) is 0.966. The molecule has 5 heterocycles. The molecule has 166 valence electrons. The third kappa shape index (κ3) is 3.48. The lowest BCUT2D eigenvalue weighted by atomic mass is 10.0. The second-order valence-corrected chi connectivity index (χ2v) is 10.4. The highest BCUT2D eigenvalue weighted by molar-refractivity contribution is 7.18. The number of thiophene rings is 1. The number of aryl methyl sites for hydroxylation is 2. The van der Waals surface area contributed by atoms with Crippen LogP contribution in [0, 0.1) is 13.8 Å². The van der Waals surface area contributed by atoms with Crippen molar-refractivity contribution in [2.45, 2.75) is 33.4 Å². The van der Waals surface area contributed by atoms with Gasteiger partial charge in [-0.05, 0) is 37.6 Å². The summed E-state index contributed by atoms with van der Waals surface area (Å²) >= 11 is 8.11. The summed E-state index contributed by atoms with van der Waals surface area (Å²) in [4.78, 5) is 21.0. The number of aromatic amines is 1. The van der Waals surface area contributed by atoms with Crippen LogP contribution in [0.5, 0.6) is 0 Å². The number of nitrogens with zero attached hydrogens (tertiary/aromatic N) is 4. The van der Waals surface area contributed by atoms with Gasteiger partial charge in [-0.15, -0.1) is 11.3 Å². The molecule has 4 aromatic rings. The van der Waals surface area contributed by atoms with Crippen LogP contribution in [-0.4, -0.2) is 52.7 Å². The van der Waals surface area contributed by atoms with Crippen LogP contribution in [-0.2, 0) is 24.2 Å². The topological polar surface area (TPSA) is 57.3 Å². The minimum absolute atomic E-state index is 0.768. The number of hydrogen-bond acceptors (Lipinski definition) is 6. The Bertz CT molecular complexity index is 1320. The third-order valence-electron chi connectivity index (χ3n) is 6.76. The smallest absolute Gasteiger partial charge is 0.146 e. The Labute approximate surface area is 196 Å². The van der Waals surface area contributed by atoms with Crippen molar-refractivity contribution in [2.75, 3.05) is 37.7 Å². The molecule has 6 rings (SSSR count). The van der Waals surface area contributed by atoms with E-state index in [9.17, 15) is 0 Å². The van der Waals surface area contributed by atoms with Gasteiger partial charge in [0, 0.05) is 64.7 Å². The maximum Gasteiger partial charge on any atom is 0.146 e. The van der Waals surface area contributed by atoms with Gasteiger partial charge < -0.3 is 14.6 Å². The van der Waals surface area contributed by atoms with Crippen LogP contribution in [0.25, 0.3) is 21.1 Å². The normalized spacial score (nSPS) is 17.4. The Balaban J connectivity index is 1.42. The Morgan fingerprint density at radius 3 is 2.84 bits per heavy atom. The van der Waals surface area contributed by atoms with Crippen LogP contribution in [0.4, 0.5) is 5.82 Å². The van der Waals surface area contributed by atoms with Crippen molar-refractivity contribution in [3.05, 3.63) is 50.7 Å². The number of H-pyrrole nitrogens is 1. The van der Waals surface area contributed by atoms with Crippen molar-refractivity contribution >= 4 is 49.9 Å². The molecule has 0 radical (unpaired) electrons. The van der Waals surface area contributed by atoms with Crippen LogP contribution in [0.1, 0.15) is 27.5 Å². The number of benzene rings is 1. The van der Waals surface area contributed by atoms with E-state index in [0.29, 0.717) is 0 Å². The molecule has 0 amide bonds. The van der Waals surface area contributed by atoms with Gasteiger partial charge in [0.05, 0.1) is 25.1 Å². The monoisotopic (exact) mass is 467 g/mol. The molecule has 0 bridgehead atoms. The fraction of sp³-hybridized carbons (Fsp3) is 0.417. The first-order valence-corrected chi connectivity index (χ1v) is 12.4. The number of hydrogen-bond donors (Lipinski definition) is 1. The molecular formula is C24H26ClN5OS. The van der Waals surface area contributed by atoms with Crippen LogP contribution in [0.3, 0.4) is 0 Å². The van der Waals surface area contributed by atoms with E-state index in [1.54, 1.807) is 11.3 Å². The molecule has 0 saturated carbocycles. The highest BCUT2D eigenvalue weighted by Gasteiger charge is 2.26. The molecular weight excluding hydrogens is 442 g/mol. The SMILES string of the molecule is Cc1sc2nc(CN3CCOCC3)nc(N3CCc4[nH]c5ccc(Cl)cc5c4C3)c2c1C. The summed E-state index contributed by atoms with van der Waals surface area (Å²) in [5.41, 5.74) is 5.10. The second-order valence-electron chi connectivity index (χ2n) is 8.76. The first-order chi connectivity index (χ1) is 15.6. The van der Waals surface area contributed by atoms with E-state index in [2.05, 4.69) is 40.8 Å². The highest BCUT2D eigenvalue weighted by atomic mass is 35.5. The first kappa shape index (κ1) is 20.4. The molecule has 3 aromatic heterocycles. The van der Waals surface area contributed by atoms with Crippen molar-refractivity contribution in [3.63, 3.8) is 0 Å². The average molecular weight is 468 g/mol. The molecule has 1 fully saturated rings. The quantitative estimate of drug-likeness (QED) is 0.467. The maximum atomic E-state index is 6.33. The lowest BCUT2D eigenvalue weighted by molar-refractivity contribution is 0.0331. The van der Waals surface area contributed by atoms with Gasteiger partial charge in [0.15, 0.2) is 0 Å². The molecule has 0 aliphatic carbocycles. The number of halogens is 1. The average Bonchev–Trinajstić information content (AvgIpc) is 3.30. The summed E-state index contributed by atoms with van der Waals surface area (Å²) in [6, 6.07) is 6.11. The number of aromatic nitrogens is 3. The molecule has 1 N–H and O–H groups in total. The maximum absolute atomic E-state index is 6.33.